The van der Waals surface area contributed by atoms with Crippen molar-refractivity contribution in [3.8, 4) is 5.75 Å². The minimum absolute atomic E-state index is 0.0525. The van der Waals surface area contributed by atoms with Crippen LogP contribution in [0.25, 0.3) is 0 Å². The monoisotopic (exact) mass is 385 g/mol. The molecule has 142 valence electrons. The molecular weight excluding hydrogens is 362 g/mol. The number of carbonyl (C=O) groups is 2. The number of amides is 2. The molecule has 7 heteroatoms. The minimum atomic E-state index is -0.309. The maximum absolute atomic E-state index is 12.3. The first-order valence-corrected chi connectivity index (χ1v) is 8.90. The van der Waals surface area contributed by atoms with Crippen LogP contribution in [-0.4, -0.2) is 30.1 Å². The zero-order valence-corrected chi connectivity index (χ0v) is 16.6. The van der Waals surface area contributed by atoms with E-state index in [0.717, 1.165) is 5.69 Å². The fraction of sp³-hybridized carbons (Fsp3) is 0.250. The molecule has 6 nitrogen and oxygen atoms in total. The SMILES string of the molecule is CC(=O)N(C)c1ccc(NC(=S)NC(=O)c2ccc(OC(C)C)cc2)cc1. The molecule has 0 unspecified atom stereocenters. The molecule has 0 spiro atoms. The van der Waals surface area contributed by atoms with Gasteiger partial charge in [0.05, 0.1) is 6.10 Å². The molecule has 2 aromatic rings. The van der Waals surface area contributed by atoms with Gasteiger partial charge in [0.25, 0.3) is 5.91 Å². The third-order valence-electron chi connectivity index (χ3n) is 3.70. The molecular formula is C20H23N3O3S. The van der Waals surface area contributed by atoms with Crippen LogP contribution in [0.15, 0.2) is 48.5 Å². The van der Waals surface area contributed by atoms with Gasteiger partial charge in [-0.1, -0.05) is 0 Å². The molecule has 0 aliphatic heterocycles. The standard InChI is InChI=1S/C20H23N3O3S/c1-13(2)26-18-11-5-15(6-12-18)19(25)22-20(27)21-16-7-9-17(10-8-16)23(4)14(3)24/h5-13H,1-4H3,(H2,21,22,25,27). The van der Waals surface area contributed by atoms with E-state index >= 15 is 0 Å². The van der Waals surface area contributed by atoms with Gasteiger partial charge in [-0.15, -0.1) is 0 Å². The van der Waals surface area contributed by atoms with E-state index in [1.807, 2.05) is 13.8 Å². The molecule has 0 heterocycles. The lowest BCUT2D eigenvalue weighted by atomic mass is 10.2. The van der Waals surface area contributed by atoms with Gasteiger partial charge in [0.1, 0.15) is 5.75 Å². The lowest BCUT2D eigenvalue weighted by Gasteiger charge is -2.16. The molecule has 2 aromatic carbocycles. The minimum Gasteiger partial charge on any atom is -0.491 e. The Labute approximate surface area is 164 Å². The van der Waals surface area contributed by atoms with Crippen LogP contribution in [0.3, 0.4) is 0 Å². The number of rotatable bonds is 5. The second kappa shape index (κ2) is 9.14. The maximum atomic E-state index is 12.3. The lowest BCUT2D eigenvalue weighted by Crippen LogP contribution is -2.34. The molecule has 0 aliphatic rings. The summed E-state index contributed by atoms with van der Waals surface area (Å²) < 4.78 is 5.56. The van der Waals surface area contributed by atoms with Crippen LogP contribution in [-0.2, 0) is 4.79 Å². The van der Waals surface area contributed by atoms with E-state index in [9.17, 15) is 9.59 Å². The molecule has 0 bridgehead atoms. The van der Waals surface area contributed by atoms with Crippen LogP contribution < -0.4 is 20.3 Å². The second-order valence-corrected chi connectivity index (χ2v) is 6.63. The number of thiocarbonyl (C=S) groups is 1. The second-order valence-electron chi connectivity index (χ2n) is 6.22. The summed E-state index contributed by atoms with van der Waals surface area (Å²) in [5.74, 6) is 0.345. The van der Waals surface area contributed by atoms with Crippen molar-refractivity contribution in [2.75, 3.05) is 17.3 Å². The van der Waals surface area contributed by atoms with Crippen molar-refractivity contribution >= 4 is 40.5 Å². The van der Waals surface area contributed by atoms with Gasteiger partial charge < -0.3 is 15.0 Å². The van der Waals surface area contributed by atoms with Gasteiger partial charge in [0, 0.05) is 30.9 Å². The zero-order chi connectivity index (χ0) is 20.0. The van der Waals surface area contributed by atoms with Crippen molar-refractivity contribution < 1.29 is 14.3 Å². The Morgan fingerprint density at radius 1 is 1.04 bits per heavy atom. The smallest absolute Gasteiger partial charge is 0.257 e. The average molecular weight is 385 g/mol. The van der Waals surface area contributed by atoms with Crippen molar-refractivity contribution in [3.05, 3.63) is 54.1 Å². The van der Waals surface area contributed by atoms with Crippen LogP contribution in [0.4, 0.5) is 11.4 Å². The number of nitrogens with one attached hydrogen (secondary N) is 2. The van der Waals surface area contributed by atoms with Crippen LogP contribution in [0.1, 0.15) is 31.1 Å². The number of nitrogens with zero attached hydrogens (tertiary/aromatic N) is 1. The van der Waals surface area contributed by atoms with E-state index in [0.29, 0.717) is 17.0 Å². The van der Waals surface area contributed by atoms with Crippen molar-refractivity contribution in [2.24, 2.45) is 0 Å². The van der Waals surface area contributed by atoms with Gasteiger partial charge >= 0.3 is 0 Å². The lowest BCUT2D eigenvalue weighted by molar-refractivity contribution is -0.116. The first-order chi connectivity index (χ1) is 12.8. The first-order valence-electron chi connectivity index (χ1n) is 8.49. The maximum Gasteiger partial charge on any atom is 0.257 e. The Morgan fingerprint density at radius 2 is 1.63 bits per heavy atom. The highest BCUT2D eigenvalue weighted by molar-refractivity contribution is 7.80. The van der Waals surface area contributed by atoms with Crippen molar-refractivity contribution in [2.45, 2.75) is 26.9 Å². The molecule has 27 heavy (non-hydrogen) atoms. The topological polar surface area (TPSA) is 70.7 Å². The van der Waals surface area contributed by atoms with Crippen LogP contribution in [0, 0.1) is 0 Å². The van der Waals surface area contributed by atoms with E-state index in [1.165, 1.54) is 11.8 Å². The first kappa shape index (κ1) is 20.4. The fourth-order valence-electron chi connectivity index (χ4n) is 2.24. The highest BCUT2D eigenvalue weighted by Gasteiger charge is 2.09. The molecule has 0 atom stereocenters. The zero-order valence-electron chi connectivity index (χ0n) is 15.8. The Morgan fingerprint density at radius 3 is 2.15 bits per heavy atom. The summed E-state index contributed by atoms with van der Waals surface area (Å²) in [6.07, 6.45) is 0.0723. The molecule has 2 N–H and O–H groups in total. The van der Waals surface area contributed by atoms with E-state index in [2.05, 4.69) is 10.6 Å². The largest absolute Gasteiger partial charge is 0.491 e. The number of benzene rings is 2. The van der Waals surface area contributed by atoms with Gasteiger partial charge in [-0.25, -0.2) is 0 Å². The number of carbonyl (C=O) groups excluding carboxylic acids is 2. The van der Waals surface area contributed by atoms with Gasteiger partial charge in [-0.05, 0) is 74.6 Å². The summed E-state index contributed by atoms with van der Waals surface area (Å²) in [7, 11) is 1.70. The average Bonchev–Trinajstić information content (AvgIpc) is 2.61. The Hall–Kier alpha value is -2.93. The van der Waals surface area contributed by atoms with E-state index in [4.69, 9.17) is 17.0 Å². The summed E-state index contributed by atoms with van der Waals surface area (Å²) in [6, 6.07) is 14.0. The van der Waals surface area contributed by atoms with Crippen molar-refractivity contribution in [1.29, 1.82) is 0 Å². The Bertz CT molecular complexity index is 817. The Balaban J connectivity index is 1.93. The van der Waals surface area contributed by atoms with Crippen LogP contribution in [0.5, 0.6) is 5.75 Å². The molecule has 0 saturated carbocycles. The van der Waals surface area contributed by atoms with E-state index in [-0.39, 0.29) is 23.0 Å². The van der Waals surface area contributed by atoms with Gasteiger partial charge in [-0.2, -0.15) is 0 Å². The van der Waals surface area contributed by atoms with Crippen LogP contribution in [0.2, 0.25) is 0 Å². The number of hydrogen-bond acceptors (Lipinski definition) is 4. The highest BCUT2D eigenvalue weighted by atomic mass is 32.1. The molecule has 2 rings (SSSR count). The fourth-order valence-corrected chi connectivity index (χ4v) is 2.46. The number of hydrogen-bond donors (Lipinski definition) is 2. The summed E-state index contributed by atoms with van der Waals surface area (Å²) in [5.41, 5.74) is 1.96. The molecule has 2 amide bonds. The summed E-state index contributed by atoms with van der Waals surface area (Å²) in [6.45, 7) is 5.38. The Kier molecular flexibility index (Phi) is 6.90. The van der Waals surface area contributed by atoms with E-state index in [1.54, 1.807) is 55.6 Å². The van der Waals surface area contributed by atoms with E-state index < -0.39 is 0 Å². The summed E-state index contributed by atoms with van der Waals surface area (Å²) in [5, 5.41) is 5.77. The number of anilines is 2. The molecule has 0 saturated heterocycles. The third kappa shape index (κ3) is 6.07. The van der Waals surface area contributed by atoms with Gasteiger partial charge in [0.2, 0.25) is 5.91 Å². The predicted molar refractivity (Wildman–Crippen MR) is 111 cm³/mol. The van der Waals surface area contributed by atoms with Gasteiger partial charge in [0.15, 0.2) is 5.11 Å². The normalized spacial score (nSPS) is 10.3. The highest BCUT2D eigenvalue weighted by Crippen LogP contribution is 2.17. The third-order valence-corrected chi connectivity index (χ3v) is 3.90. The summed E-state index contributed by atoms with van der Waals surface area (Å²) in [4.78, 5) is 25.2. The van der Waals surface area contributed by atoms with Crippen molar-refractivity contribution in [3.63, 3.8) is 0 Å². The van der Waals surface area contributed by atoms with Gasteiger partial charge in [-0.3, -0.25) is 14.9 Å². The quantitative estimate of drug-likeness (QED) is 0.770. The molecule has 0 aromatic heterocycles. The molecule has 0 radical (unpaired) electrons. The summed E-state index contributed by atoms with van der Waals surface area (Å²) >= 11 is 5.19. The molecule has 0 fully saturated rings. The van der Waals surface area contributed by atoms with Crippen molar-refractivity contribution in [1.82, 2.24) is 5.32 Å². The molecule has 0 aliphatic carbocycles. The number of ether oxygens (including phenoxy) is 1. The van der Waals surface area contributed by atoms with Crippen LogP contribution >= 0.6 is 12.2 Å². The predicted octanol–water partition coefficient (Wildman–Crippen LogP) is 3.58.